The molecule has 200 valence electrons. The van der Waals surface area contributed by atoms with Gasteiger partial charge in [-0.2, -0.15) is 0 Å². The second kappa shape index (κ2) is 13.5. The summed E-state index contributed by atoms with van der Waals surface area (Å²) < 4.78 is 16.2. The maximum absolute atomic E-state index is 12.8. The van der Waals surface area contributed by atoms with Crippen LogP contribution in [0.25, 0.3) is 11.1 Å². The van der Waals surface area contributed by atoms with Gasteiger partial charge in [0.15, 0.2) is 11.5 Å². The molecular weight excluding hydrogens is 474 g/mol. The van der Waals surface area contributed by atoms with E-state index >= 15 is 0 Å². The number of carbonyl (C=O) groups is 3. The van der Waals surface area contributed by atoms with Gasteiger partial charge in [0.25, 0.3) is 5.91 Å². The van der Waals surface area contributed by atoms with Crippen LogP contribution in [0.3, 0.4) is 0 Å². The number of nitrogens with zero attached hydrogens (tertiary/aromatic N) is 1. The van der Waals surface area contributed by atoms with E-state index in [-0.39, 0.29) is 18.9 Å². The molecule has 1 heterocycles. The van der Waals surface area contributed by atoms with Crippen molar-refractivity contribution < 1.29 is 28.6 Å². The number of urea groups is 1. The monoisotopic (exact) mass is 511 g/mol. The highest BCUT2D eigenvalue weighted by Crippen LogP contribution is 2.41. The zero-order valence-corrected chi connectivity index (χ0v) is 22.1. The van der Waals surface area contributed by atoms with Gasteiger partial charge in [-0.05, 0) is 35.2 Å². The van der Waals surface area contributed by atoms with Crippen molar-refractivity contribution in [3.63, 3.8) is 0 Å². The van der Waals surface area contributed by atoms with E-state index in [1.165, 1.54) is 12.8 Å². The summed E-state index contributed by atoms with van der Waals surface area (Å²) in [5.41, 5.74) is 2.56. The van der Waals surface area contributed by atoms with Crippen molar-refractivity contribution in [2.24, 2.45) is 0 Å². The molecule has 9 heteroatoms. The molecule has 2 N–H and O–H groups in total. The number of unbranched alkanes of at least 4 members (excludes halogenated alkanes) is 4. The van der Waals surface area contributed by atoms with Gasteiger partial charge in [0.05, 0.1) is 34.3 Å². The molecular formula is C28H37N3O6. The molecule has 0 unspecified atom stereocenters. The zero-order valence-electron chi connectivity index (χ0n) is 22.1. The summed E-state index contributed by atoms with van der Waals surface area (Å²) in [6.07, 6.45) is 5.44. The summed E-state index contributed by atoms with van der Waals surface area (Å²) in [4.78, 5) is 38.7. The molecule has 1 atom stereocenters. The number of hydrogen-bond donors (Lipinski definition) is 2. The summed E-state index contributed by atoms with van der Waals surface area (Å²) in [7, 11) is 4.68. The number of methoxy groups -OCH3 is 3. The molecule has 0 saturated carbocycles. The Hall–Kier alpha value is -3.75. The lowest BCUT2D eigenvalue weighted by Gasteiger charge is -2.15. The Bertz CT molecular complexity index is 1060. The van der Waals surface area contributed by atoms with Crippen molar-refractivity contribution in [2.75, 3.05) is 27.9 Å². The Kier molecular flexibility index (Phi) is 10.2. The highest BCUT2D eigenvalue weighted by Gasteiger charge is 2.38. The number of nitrogens with one attached hydrogen (secondary N) is 2. The van der Waals surface area contributed by atoms with Crippen molar-refractivity contribution in [1.29, 1.82) is 0 Å². The van der Waals surface area contributed by atoms with Gasteiger partial charge in [-0.15, -0.1) is 0 Å². The molecule has 0 radical (unpaired) electrons. The molecule has 3 rings (SSSR count). The molecule has 1 aliphatic heterocycles. The smallest absolute Gasteiger partial charge is 0.325 e. The summed E-state index contributed by atoms with van der Waals surface area (Å²) >= 11 is 0. The summed E-state index contributed by atoms with van der Waals surface area (Å²) in [6, 6.07) is 9.90. The highest BCUT2D eigenvalue weighted by atomic mass is 16.5. The quantitative estimate of drug-likeness (QED) is 0.290. The minimum atomic E-state index is -0.842. The molecule has 0 aromatic heterocycles. The van der Waals surface area contributed by atoms with Crippen molar-refractivity contribution in [3.05, 3.63) is 42.0 Å². The zero-order chi connectivity index (χ0) is 26.8. The Morgan fingerprint density at radius 3 is 2.16 bits per heavy atom. The first-order valence-electron chi connectivity index (χ1n) is 12.7. The lowest BCUT2D eigenvalue weighted by atomic mass is 10.0. The van der Waals surface area contributed by atoms with Crippen LogP contribution in [0.1, 0.15) is 51.0 Å². The third-order valence-electron chi connectivity index (χ3n) is 6.39. The first-order chi connectivity index (χ1) is 17.9. The number of carbonyl (C=O) groups excluding carboxylic acids is 3. The van der Waals surface area contributed by atoms with E-state index < -0.39 is 18.0 Å². The number of imide groups is 1. The fourth-order valence-electron chi connectivity index (χ4n) is 4.31. The number of ether oxygens (including phenoxy) is 3. The van der Waals surface area contributed by atoms with Crippen molar-refractivity contribution >= 4 is 17.8 Å². The second-order valence-corrected chi connectivity index (χ2v) is 9.01. The number of hydrogen-bond acceptors (Lipinski definition) is 6. The van der Waals surface area contributed by atoms with Gasteiger partial charge in [0, 0.05) is 6.54 Å². The third kappa shape index (κ3) is 7.15. The average molecular weight is 512 g/mol. The van der Waals surface area contributed by atoms with Crippen molar-refractivity contribution in [2.45, 2.75) is 58.0 Å². The molecule has 1 aliphatic rings. The lowest BCUT2D eigenvalue weighted by Crippen LogP contribution is -2.36. The molecule has 4 amide bonds. The molecule has 9 nitrogen and oxygen atoms in total. The fourth-order valence-corrected chi connectivity index (χ4v) is 4.31. The minimum Gasteiger partial charge on any atom is -0.493 e. The van der Waals surface area contributed by atoms with Crippen molar-refractivity contribution in [3.8, 4) is 28.4 Å². The predicted octanol–water partition coefficient (Wildman–Crippen LogP) is 4.28. The van der Waals surface area contributed by atoms with Crippen LogP contribution in [0.4, 0.5) is 4.79 Å². The number of rotatable bonds is 14. The summed E-state index contributed by atoms with van der Waals surface area (Å²) in [5, 5.41) is 5.48. The molecule has 1 saturated heterocycles. The lowest BCUT2D eigenvalue weighted by molar-refractivity contribution is -0.131. The molecule has 0 aliphatic carbocycles. The minimum absolute atomic E-state index is 0.0594. The van der Waals surface area contributed by atoms with Crippen LogP contribution in [0.15, 0.2) is 36.4 Å². The van der Waals surface area contributed by atoms with E-state index in [1.54, 1.807) is 21.3 Å². The maximum atomic E-state index is 12.8. The van der Waals surface area contributed by atoms with E-state index in [4.69, 9.17) is 14.2 Å². The van der Waals surface area contributed by atoms with Gasteiger partial charge < -0.3 is 24.8 Å². The van der Waals surface area contributed by atoms with Crippen LogP contribution in [-0.4, -0.2) is 56.7 Å². The summed E-state index contributed by atoms with van der Waals surface area (Å²) in [6.45, 7) is 2.86. The molecule has 2 aromatic rings. The number of benzene rings is 2. The van der Waals surface area contributed by atoms with Gasteiger partial charge in [-0.3, -0.25) is 14.5 Å². The summed E-state index contributed by atoms with van der Waals surface area (Å²) in [5.74, 6) is 0.986. The Labute approximate surface area is 218 Å². The molecule has 0 bridgehead atoms. The standard InChI is InChI=1S/C28H37N3O6/c1-5-6-7-8-9-14-29-25(32)17-22-27(33)31(28(34)30-22)18-19-10-12-20(13-11-19)21-15-23(35-2)26(37-4)24(16-21)36-3/h10-13,15-16,22H,5-9,14,17-18H2,1-4H3,(H,29,32)(H,30,34)/t22-/m1/s1. The molecule has 1 fully saturated rings. The van der Waals surface area contributed by atoms with Crippen molar-refractivity contribution in [1.82, 2.24) is 15.5 Å². The largest absolute Gasteiger partial charge is 0.493 e. The first kappa shape index (κ1) is 27.8. The van der Waals surface area contributed by atoms with Crippen LogP contribution in [0.5, 0.6) is 17.2 Å². The SMILES string of the molecule is CCCCCCCNC(=O)C[C@H]1NC(=O)N(Cc2ccc(-c3cc(OC)c(OC)c(OC)c3)cc2)C1=O. The van der Waals surface area contributed by atoms with Gasteiger partial charge in [0.1, 0.15) is 6.04 Å². The van der Waals surface area contributed by atoms with Gasteiger partial charge in [-0.1, -0.05) is 56.9 Å². The Balaban J connectivity index is 1.58. The molecule has 37 heavy (non-hydrogen) atoms. The average Bonchev–Trinajstić information content (AvgIpc) is 3.17. The third-order valence-corrected chi connectivity index (χ3v) is 6.39. The van der Waals surface area contributed by atoms with E-state index in [0.29, 0.717) is 23.8 Å². The predicted molar refractivity (Wildman–Crippen MR) is 141 cm³/mol. The number of amides is 4. The highest BCUT2D eigenvalue weighted by molar-refractivity contribution is 6.05. The van der Waals surface area contributed by atoms with E-state index in [9.17, 15) is 14.4 Å². The van der Waals surface area contributed by atoms with E-state index in [0.717, 1.165) is 40.9 Å². The van der Waals surface area contributed by atoms with Crippen LogP contribution in [-0.2, 0) is 16.1 Å². The maximum Gasteiger partial charge on any atom is 0.325 e. The van der Waals surface area contributed by atoms with Crippen LogP contribution < -0.4 is 24.8 Å². The van der Waals surface area contributed by atoms with E-state index in [2.05, 4.69) is 17.6 Å². The topological polar surface area (TPSA) is 106 Å². The molecule has 2 aromatic carbocycles. The fraction of sp³-hybridized carbons (Fsp3) is 0.464. The first-order valence-corrected chi connectivity index (χ1v) is 12.7. The normalized spacial score (nSPS) is 14.9. The van der Waals surface area contributed by atoms with Gasteiger partial charge in [0.2, 0.25) is 11.7 Å². The van der Waals surface area contributed by atoms with E-state index in [1.807, 2.05) is 36.4 Å². The van der Waals surface area contributed by atoms with Crippen LogP contribution >= 0.6 is 0 Å². The second-order valence-electron chi connectivity index (χ2n) is 9.01. The van der Waals surface area contributed by atoms with Gasteiger partial charge >= 0.3 is 6.03 Å². The van der Waals surface area contributed by atoms with Crippen LogP contribution in [0, 0.1) is 0 Å². The van der Waals surface area contributed by atoms with Gasteiger partial charge in [-0.25, -0.2) is 4.79 Å². The Morgan fingerprint density at radius 2 is 1.57 bits per heavy atom. The molecule has 0 spiro atoms. The Morgan fingerprint density at radius 1 is 0.919 bits per heavy atom. The van der Waals surface area contributed by atoms with Crippen LogP contribution in [0.2, 0.25) is 0 Å².